The fraction of sp³-hybridized carbons (Fsp3) is 0. The third-order valence-electron chi connectivity index (χ3n) is 3.81. The van der Waals surface area contributed by atoms with Crippen molar-refractivity contribution in [3.05, 3.63) is 76.8 Å². The van der Waals surface area contributed by atoms with Crippen LogP contribution in [0, 0.1) is 0 Å². The maximum Gasteiger partial charge on any atom is 0.157 e. The number of hydroxylamine groups is 1. The van der Waals surface area contributed by atoms with E-state index in [0.717, 1.165) is 37.7 Å². The fourth-order valence-corrected chi connectivity index (χ4v) is 3.09. The van der Waals surface area contributed by atoms with Crippen molar-refractivity contribution in [3.8, 4) is 0 Å². The van der Waals surface area contributed by atoms with Gasteiger partial charge in [-0.3, -0.25) is 10.7 Å². The van der Waals surface area contributed by atoms with Crippen molar-refractivity contribution in [3.63, 3.8) is 0 Å². The minimum absolute atomic E-state index is 0.375. The lowest BCUT2D eigenvalue weighted by Crippen LogP contribution is -2.19. The van der Waals surface area contributed by atoms with Crippen LogP contribution in [0.4, 0.5) is 5.69 Å². The van der Waals surface area contributed by atoms with Crippen LogP contribution in [0.3, 0.4) is 0 Å². The zero-order valence-electron chi connectivity index (χ0n) is 12.5. The molecule has 0 aliphatic heterocycles. The molecule has 4 aromatic rings. The number of hydrogen-bond acceptors (Lipinski definition) is 3. The molecular formula is C19H13BrN2O2. The van der Waals surface area contributed by atoms with E-state index in [0.29, 0.717) is 5.84 Å². The highest BCUT2D eigenvalue weighted by molar-refractivity contribution is 9.10. The smallest absolute Gasteiger partial charge is 0.157 e. The number of nitrogens with zero attached hydrogens (tertiary/aromatic N) is 1. The van der Waals surface area contributed by atoms with E-state index in [2.05, 4.69) is 26.4 Å². The van der Waals surface area contributed by atoms with Gasteiger partial charge in [0.05, 0.1) is 5.69 Å². The highest BCUT2D eigenvalue weighted by Crippen LogP contribution is 2.29. The quantitative estimate of drug-likeness (QED) is 0.278. The molecule has 4 nitrogen and oxygen atoms in total. The molecule has 0 saturated carbocycles. The van der Waals surface area contributed by atoms with Gasteiger partial charge in [0.2, 0.25) is 0 Å². The van der Waals surface area contributed by atoms with Crippen LogP contribution in [-0.2, 0) is 0 Å². The van der Waals surface area contributed by atoms with Gasteiger partial charge < -0.3 is 4.42 Å². The number of benzene rings is 3. The topological polar surface area (TPSA) is 57.8 Å². The summed E-state index contributed by atoms with van der Waals surface area (Å²) in [5.41, 5.74) is 5.35. The van der Waals surface area contributed by atoms with Crippen LogP contribution in [-0.4, -0.2) is 11.0 Å². The van der Waals surface area contributed by atoms with Gasteiger partial charge in [-0.15, -0.1) is 0 Å². The highest BCUT2D eigenvalue weighted by Gasteiger charge is 2.10. The first-order chi connectivity index (χ1) is 11.7. The molecule has 0 spiro atoms. The summed E-state index contributed by atoms with van der Waals surface area (Å²) >= 11 is 3.42. The third kappa shape index (κ3) is 2.68. The number of furan rings is 1. The number of aliphatic imine (C=N–C) groups is 1. The van der Waals surface area contributed by atoms with Crippen LogP contribution in [0.25, 0.3) is 21.9 Å². The molecule has 0 amide bonds. The second-order valence-corrected chi connectivity index (χ2v) is 6.28. The Morgan fingerprint density at radius 1 is 0.917 bits per heavy atom. The minimum atomic E-state index is 0.375. The molecule has 0 atom stereocenters. The van der Waals surface area contributed by atoms with Gasteiger partial charge in [0.25, 0.3) is 0 Å². The van der Waals surface area contributed by atoms with Gasteiger partial charge >= 0.3 is 0 Å². The summed E-state index contributed by atoms with van der Waals surface area (Å²) in [5.74, 6) is 0.375. The molecular weight excluding hydrogens is 368 g/mol. The van der Waals surface area contributed by atoms with Gasteiger partial charge in [-0.2, -0.15) is 0 Å². The second-order valence-electron chi connectivity index (χ2n) is 5.36. The Labute approximate surface area is 146 Å². The molecule has 1 heterocycles. The van der Waals surface area contributed by atoms with Gasteiger partial charge in [-0.05, 0) is 42.5 Å². The average molecular weight is 381 g/mol. The molecule has 2 N–H and O–H groups in total. The predicted octanol–water partition coefficient (Wildman–Crippen LogP) is 5.41. The van der Waals surface area contributed by atoms with E-state index in [-0.39, 0.29) is 0 Å². The number of amidine groups is 1. The van der Waals surface area contributed by atoms with Crippen LogP contribution in [0.2, 0.25) is 0 Å². The van der Waals surface area contributed by atoms with Crippen molar-refractivity contribution in [2.75, 3.05) is 0 Å². The summed E-state index contributed by atoms with van der Waals surface area (Å²) in [6, 6.07) is 21.2. The maximum atomic E-state index is 9.53. The normalized spacial score (nSPS) is 12.0. The number of halogens is 1. The fourth-order valence-electron chi connectivity index (χ4n) is 2.70. The van der Waals surface area contributed by atoms with Crippen LogP contribution in [0.5, 0.6) is 0 Å². The van der Waals surface area contributed by atoms with Crippen molar-refractivity contribution >= 4 is 49.4 Å². The van der Waals surface area contributed by atoms with Crippen molar-refractivity contribution in [2.24, 2.45) is 4.99 Å². The predicted molar refractivity (Wildman–Crippen MR) is 99.0 cm³/mol. The lowest BCUT2D eigenvalue weighted by atomic mass is 10.1. The number of rotatable bonds is 2. The molecule has 0 saturated heterocycles. The van der Waals surface area contributed by atoms with Crippen LogP contribution in [0.15, 0.2) is 80.6 Å². The lowest BCUT2D eigenvalue weighted by molar-refractivity contribution is 0.235. The Morgan fingerprint density at radius 3 is 2.58 bits per heavy atom. The summed E-state index contributed by atoms with van der Waals surface area (Å²) in [4.78, 5) is 4.47. The van der Waals surface area contributed by atoms with Gasteiger partial charge in [0.15, 0.2) is 5.84 Å². The SMILES string of the molecule is ONC(=Nc1cccc(Br)c1)c1ccc2oc3ccccc3c2c1. The third-order valence-corrected chi connectivity index (χ3v) is 4.30. The number of fused-ring (bicyclic) bond motifs is 3. The van der Waals surface area contributed by atoms with E-state index in [4.69, 9.17) is 4.42 Å². The summed E-state index contributed by atoms with van der Waals surface area (Å²) < 4.78 is 6.75. The van der Waals surface area contributed by atoms with E-state index in [1.807, 2.05) is 66.7 Å². The number of nitrogens with one attached hydrogen (secondary N) is 1. The Kier molecular flexibility index (Phi) is 3.80. The van der Waals surface area contributed by atoms with E-state index < -0.39 is 0 Å². The monoisotopic (exact) mass is 380 g/mol. The van der Waals surface area contributed by atoms with E-state index >= 15 is 0 Å². The van der Waals surface area contributed by atoms with Crippen molar-refractivity contribution in [2.45, 2.75) is 0 Å². The summed E-state index contributed by atoms with van der Waals surface area (Å²) in [5, 5.41) is 11.6. The first-order valence-electron chi connectivity index (χ1n) is 7.40. The molecule has 0 aliphatic carbocycles. The molecule has 1 aromatic heterocycles. The number of para-hydroxylation sites is 1. The summed E-state index contributed by atoms with van der Waals surface area (Å²) in [6.45, 7) is 0. The van der Waals surface area contributed by atoms with E-state index in [1.165, 1.54) is 0 Å². The van der Waals surface area contributed by atoms with Crippen molar-refractivity contribution in [1.29, 1.82) is 0 Å². The first-order valence-corrected chi connectivity index (χ1v) is 8.20. The first kappa shape index (κ1) is 14.9. The molecule has 5 heteroatoms. The Hall–Kier alpha value is -2.63. The van der Waals surface area contributed by atoms with Gasteiger partial charge in [0, 0.05) is 20.8 Å². The molecule has 3 aromatic carbocycles. The Balaban J connectivity index is 1.85. The van der Waals surface area contributed by atoms with Crippen molar-refractivity contribution < 1.29 is 9.62 Å². The summed E-state index contributed by atoms with van der Waals surface area (Å²) in [7, 11) is 0. The Bertz CT molecular complexity index is 1070. The van der Waals surface area contributed by atoms with E-state index in [1.54, 1.807) is 0 Å². The highest BCUT2D eigenvalue weighted by atomic mass is 79.9. The van der Waals surface area contributed by atoms with Gasteiger partial charge in [0.1, 0.15) is 11.2 Å². The lowest BCUT2D eigenvalue weighted by Gasteiger charge is -2.05. The molecule has 4 rings (SSSR count). The zero-order chi connectivity index (χ0) is 16.5. The van der Waals surface area contributed by atoms with Gasteiger partial charge in [-0.25, -0.2) is 4.99 Å². The maximum absolute atomic E-state index is 9.53. The number of hydrogen-bond donors (Lipinski definition) is 2. The molecule has 118 valence electrons. The minimum Gasteiger partial charge on any atom is -0.456 e. The molecule has 0 bridgehead atoms. The molecule has 0 fully saturated rings. The van der Waals surface area contributed by atoms with Crippen molar-refractivity contribution in [1.82, 2.24) is 5.48 Å². The molecule has 0 aliphatic rings. The summed E-state index contributed by atoms with van der Waals surface area (Å²) in [6.07, 6.45) is 0. The molecule has 0 radical (unpaired) electrons. The second kappa shape index (κ2) is 6.11. The van der Waals surface area contributed by atoms with Crippen LogP contribution >= 0.6 is 15.9 Å². The van der Waals surface area contributed by atoms with Crippen LogP contribution < -0.4 is 5.48 Å². The average Bonchev–Trinajstić information content (AvgIpc) is 2.97. The Morgan fingerprint density at radius 2 is 1.75 bits per heavy atom. The van der Waals surface area contributed by atoms with Crippen LogP contribution in [0.1, 0.15) is 5.56 Å². The van der Waals surface area contributed by atoms with E-state index in [9.17, 15) is 5.21 Å². The zero-order valence-corrected chi connectivity index (χ0v) is 14.1. The largest absolute Gasteiger partial charge is 0.456 e. The standard InChI is InChI=1S/C19H13BrN2O2/c20-13-4-3-5-14(11-13)21-19(22-23)12-8-9-18-16(10-12)15-6-1-2-7-17(15)24-18/h1-11,23H,(H,21,22). The molecule has 0 unspecified atom stereocenters. The van der Waals surface area contributed by atoms with Gasteiger partial charge in [-0.1, -0.05) is 40.2 Å². The molecule has 24 heavy (non-hydrogen) atoms.